The number of nitrogens with one attached hydrogen (secondary N) is 1. The number of carbonyl (C=O) groups excluding carboxylic acids is 1. The summed E-state index contributed by atoms with van der Waals surface area (Å²) < 4.78 is 0. The molecule has 0 spiro atoms. The van der Waals surface area contributed by atoms with Gasteiger partial charge in [0.15, 0.2) is 0 Å². The summed E-state index contributed by atoms with van der Waals surface area (Å²) in [5.74, 6) is 0.0104. The smallest absolute Gasteiger partial charge is 0.238 e. The van der Waals surface area contributed by atoms with E-state index in [0.717, 1.165) is 30.8 Å². The van der Waals surface area contributed by atoms with Crippen molar-refractivity contribution in [1.82, 2.24) is 4.90 Å². The van der Waals surface area contributed by atoms with Gasteiger partial charge in [0, 0.05) is 24.5 Å². The van der Waals surface area contributed by atoms with E-state index in [1.165, 1.54) is 5.57 Å². The van der Waals surface area contributed by atoms with Crippen LogP contribution in [0.15, 0.2) is 29.8 Å². The maximum absolute atomic E-state index is 11.9. The van der Waals surface area contributed by atoms with Crippen molar-refractivity contribution in [2.24, 2.45) is 0 Å². The Morgan fingerprint density at radius 3 is 2.84 bits per heavy atom. The number of rotatable bonds is 3. The first-order valence-electron chi connectivity index (χ1n) is 6.58. The molecule has 0 unspecified atom stereocenters. The third-order valence-electron chi connectivity index (χ3n) is 3.45. The summed E-state index contributed by atoms with van der Waals surface area (Å²) in [5, 5.41) is 2.89. The van der Waals surface area contributed by atoms with E-state index in [-0.39, 0.29) is 5.91 Å². The van der Waals surface area contributed by atoms with Crippen LogP contribution in [0.5, 0.6) is 0 Å². The Balaban J connectivity index is 1.89. The zero-order valence-electron chi connectivity index (χ0n) is 11.6. The molecule has 4 nitrogen and oxygen atoms in total. The van der Waals surface area contributed by atoms with E-state index in [2.05, 4.69) is 23.2 Å². The first kappa shape index (κ1) is 13.6. The summed E-state index contributed by atoms with van der Waals surface area (Å²) in [6.45, 7) is 6.31. The highest BCUT2D eigenvalue weighted by Gasteiger charge is 2.13. The minimum Gasteiger partial charge on any atom is -0.398 e. The van der Waals surface area contributed by atoms with Crippen LogP contribution in [0.4, 0.5) is 11.4 Å². The number of nitrogens with zero attached hydrogens (tertiary/aromatic N) is 1. The quantitative estimate of drug-likeness (QED) is 0.646. The van der Waals surface area contributed by atoms with Gasteiger partial charge in [0.05, 0.1) is 6.54 Å². The Hall–Kier alpha value is -1.81. The molecule has 19 heavy (non-hydrogen) atoms. The Morgan fingerprint density at radius 1 is 1.42 bits per heavy atom. The van der Waals surface area contributed by atoms with Crippen LogP contribution in [0.25, 0.3) is 0 Å². The normalized spacial score (nSPS) is 16.0. The molecule has 1 amide bonds. The third-order valence-corrected chi connectivity index (χ3v) is 3.45. The van der Waals surface area contributed by atoms with E-state index in [1.54, 1.807) is 6.07 Å². The van der Waals surface area contributed by atoms with Crippen LogP contribution < -0.4 is 11.1 Å². The lowest BCUT2D eigenvalue weighted by molar-refractivity contribution is -0.117. The maximum atomic E-state index is 11.9. The number of nitrogens with two attached hydrogens (primary N) is 1. The van der Waals surface area contributed by atoms with Crippen LogP contribution in [0, 0.1) is 6.92 Å². The molecule has 0 saturated heterocycles. The molecule has 0 bridgehead atoms. The van der Waals surface area contributed by atoms with Crippen molar-refractivity contribution in [3.05, 3.63) is 35.4 Å². The maximum Gasteiger partial charge on any atom is 0.238 e. The van der Waals surface area contributed by atoms with E-state index in [0.29, 0.717) is 12.2 Å². The largest absolute Gasteiger partial charge is 0.398 e. The minimum atomic E-state index is 0.0104. The molecule has 1 heterocycles. The highest BCUT2D eigenvalue weighted by molar-refractivity contribution is 5.92. The van der Waals surface area contributed by atoms with E-state index in [1.807, 2.05) is 19.1 Å². The van der Waals surface area contributed by atoms with Crippen molar-refractivity contribution < 1.29 is 4.79 Å². The van der Waals surface area contributed by atoms with Crippen LogP contribution >= 0.6 is 0 Å². The van der Waals surface area contributed by atoms with Crippen LogP contribution in [-0.4, -0.2) is 30.4 Å². The molecule has 1 aliphatic rings. The van der Waals surface area contributed by atoms with Crippen molar-refractivity contribution >= 4 is 17.3 Å². The Morgan fingerprint density at radius 2 is 2.21 bits per heavy atom. The molecule has 0 aromatic heterocycles. The SMILES string of the molecule is CC1=CCN(CC(=O)Nc2ccc(C)c(N)c2)CC1. The summed E-state index contributed by atoms with van der Waals surface area (Å²) in [4.78, 5) is 14.1. The number of hydrogen-bond donors (Lipinski definition) is 2. The van der Waals surface area contributed by atoms with Gasteiger partial charge in [-0.15, -0.1) is 0 Å². The van der Waals surface area contributed by atoms with Gasteiger partial charge in [-0.3, -0.25) is 9.69 Å². The van der Waals surface area contributed by atoms with E-state index in [9.17, 15) is 4.79 Å². The number of carbonyl (C=O) groups is 1. The highest BCUT2D eigenvalue weighted by Crippen LogP contribution is 2.17. The number of anilines is 2. The molecule has 1 aliphatic heterocycles. The lowest BCUT2D eigenvalue weighted by Gasteiger charge is -2.24. The van der Waals surface area contributed by atoms with Crippen molar-refractivity contribution in [3.63, 3.8) is 0 Å². The zero-order chi connectivity index (χ0) is 13.8. The van der Waals surface area contributed by atoms with Crippen molar-refractivity contribution in [2.45, 2.75) is 20.3 Å². The van der Waals surface area contributed by atoms with Gasteiger partial charge in [-0.05, 0) is 38.0 Å². The van der Waals surface area contributed by atoms with Crippen LogP contribution in [0.2, 0.25) is 0 Å². The predicted molar refractivity (Wildman–Crippen MR) is 79.0 cm³/mol. The standard InChI is InChI=1S/C15H21N3O/c1-11-5-7-18(8-6-11)10-15(19)17-13-4-3-12(2)14(16)9-13/h3-5,9H,6-8,10,16H2,1-2H3,(H,17,19). The summed E-state index contributed by atoms with van der Waals surface area (Å²) in [7, 11) is 0. The molecule has 0 saturated carbocycles. The fraction of sp³-hybridized carbons (Fsp3) is 0.400. The number of nitrogen functional groups attached to an aromatic ring is 1. The van der Waals surface area contributed by atoms with Crippen LogP contribution in [-0.2, 0) is 4.79 Å². The predicted octanol–water partition coefficient (Wildman–Crippen LogP) is 2.17. The van der Waals surface area contributed by atoms with Gasteiger partial charge in [0.2, 0.25) is 5.91 Å². The molecule has 0 atom stereocenters. The third kappa shape index (κ3) is 3.83. The molecule has 102 valence electrons. The van der Waals surface area contributed by atoms with Gasteiger partial charge < -0.3 is 11.1 Å². The lowest BCUT2D eigenvalue weighted by Crippen LogP contribution is -2.36. The molecule has 4 heteroatoms. The van der Waals surface area contributed by atoms with Gasteiger partial charge in [-0.2, -0.15) is 0 Å². The molecule has 0 aliphatic carbocycles. The molecule has 0 radical (unpaired) electrons. The summed E-state index contributed by atoms with van der Waals surface area (Å²) in [5.41, 5.74) is 9.72. The fourth-order valence-electron chi connectivity index (χ4n) is 2.08. The Kier molecular flexibility index (Phi) is 4.22. The van der Waals surface area contributed by atoms with Crippen molar-refractivity contribution in [2.75, 3.05) is 30.7 Å². The first-order chi connectivity index (χ1) is 9.04. The summed E-state index contributed by atoms with van der Waals surface area (Å²) in [6.07, 6.45) is 3.23. The molecule has 2 rings (SSSR count). The molecular weight excluding hydrogens is 238 g/mol. The number of aryl methyl sites for hydroxylation is 1. The Labute approximate surface area is 114 Å². The molecule has 1 aromatic carbocycles. The van der Waals surface area contributed by atoms with Gasteiger partial charge in [-0.25, -0.2) is 0 Å². The summed E-state index contributed by atoms with van der Waals surface area (Å²) in [6, 6.07) is 5.59. The first-order valence-corrected chi connectivity index (χ1v) is 6.58. The molecular formula is C15H21N3O. The van der Waals surface area contributed by atoms with E-state index < -0.39 is 0 Å². The topological polar surface area (TPSA) is 58.4 Å². The van der Waals surface area contributed by atoms with Gasteiger partial charge in [0.25, 0.3) is 0 Å². The monoisotopic (exact) mass is 259 g/mol. The average Bonchev–Trinajstić information content (AvgIpc) is 2.37. The van der Waals surface area contributed by atoms with Crippen LogP contribution in [0.1, 0.15) is 18.9 Å². The highest BCUT2D eigenvalue weighted by atomic mass is 16.2. The van der Waals surface area contributed by atoms with Crippen LogP contribution in [0.3, 0.4) is 0 Å². The molecule has 0 fully saturated rings. The second kappa shape index (κ2) is 5.89. The number of hydrogen-bond acceptors (Lipinski definition) is 3. The lowest BCUT2D eigenvalue weighted by atomic mass is 10.1. The van der Waals surface area contributed by atoms with Gasteiger partial charge >= 0.3 is 0 Å². The van der Waals surface area contributed by atoms with Gasteiger partial charge in [0.1, 0.15) is 0 Å². The second-order valence-electron chi connectivity index (χ2n) is 5.16. The second-order valence-corrected chi connectivity index (χ2v) is 5.16. The molecule has 1 aromatic rings. The van der Waals surface area contributed by atoms with E-state index >= 15 is 0 Å². The number of amides is 1. The fourth-order valence-corrected chi connectivity index (χ4v) is 2.08. The Bertz CT molecular complexity index is 508. The molecule has 3 N–H and O–H groups in total. The summed E-state index contributed by atoms with van der Waals surface area (Å²) >= 11 is 0. The zero-order valence-corrected chi connectivity index (χ0v) is 11.6. The number of benzene rings is 1. The van der Waals surface area contributed by atoms with Crippen molar-refractivity contribution in [1.29, 1.82) is 0 Å². The van der Waals surface area contributed by atoms with Gasteiger partial charge in [-0.1, -0.05) is 17.7 Å². The van der Waals surface area contributed by atoms with E-state index in [4.69, 9.17) is 5.73 Å². The average molecular weight is 259 g/mol. The van der Waals surface area contributed by atoms with Crippen molar-refractivity contribution in [3.8, 4) is 0 Å². The minimum absolute atomic E-state index is 0.0104.